The summed E-state index contributed by atoms with van der Waals surface area (Å²) in [5, 5.41) is 2.30. The first-order chi connectivity index (χ1) is 9.65. The van der Waals surface area contributed by atoms with Gasteiger partial charge in [-0.1, -0.05) is 19.1 Å². The molecule has 0 spiro atoms. The molecule has 7 heteroatoms. The van der Waals surface area contributed by atoms with E-state index in [9.17, 15) is 18.0 Å². The first kappa shape index (κ1) is 17.3. The highest BCUT2D eigenvalue weighted by Gasteiger charge is 2.35. The number of nitrogens with one attached hydrogen (secondary N) is 1. The standard InChI is InChI=1S/C14H20F3N3O/c1-4-13(2,9-18)20(3)12(21)19-11-8-6-5-7-10(11)14(15,16)17/h5-8H,4,9,18H2,1-3H3,(H,19,21). The zero-order chi connectivity index (χ0) is 16.3. The fourth-order valence-electron chi connectivity index (χ4n) is 1.80. The molecule has 0 bridgehead atoms. The van der Waals surface area contributed by atoms with Crippen LogP contribution in [0.2, 0.25) is 0 Å². The van der Waals surface area contributed by atoms with Crippen LogP contribution >= 0.6 is 0 Å². The molecule has 1 atom stereocenters. The molecule has 0 fully saturated rings. The van der Waals surface area contributed by atoms with Gasteiger partial charge in [0.1, 0.15) is 0 Å². The Balaban J connectivity index is 3.00. The second kappa shape index (κ2) is 6.34. The lowest BCUT2D eigenvalue weighted by Crippen LogP contribution is -2.53. The maximum atomic E-state index is 12.9. The number of halogens is 3. The summed E-state index contributed by atoms with van der Waals surface area (Å²) in [5.41, 5.74) is 3.89. The number of nitrogens with zero attached hydrogens (tertiary/aromatic N) is 1. The van der Waals surface area contributed by atoms with Gasteiger partial charge in [0.05, 0.1) is 16.8 Å². The molecule has 1 unspecified atom stereocenters. The van der Waals surface area contributed by atoms with Crippen LogP contribution in [0.15, 0.2) is 24.3 Å². The van der Waals surface area contributed by atoms with Gasteiger partial charge in [0.2, 0.25) is 0 Å². The number of hydrogen-bond donors (Lipinski definition) is 2. The fraction of sp³-hybridized carbons (Fsp3) is 0.500. The van der Waals surface area contributed by atoms with Crippen LogP contribution in [0.5, 0.6) is 0 Å². The fourth-order valence-corrected chi connectivity index (χ4v) is 1.80. The first-order valence-corrected chi connectivity index (χ1v) is 6.57. The Hall–Kier alpha value is -1.76. The maximum Gasteiger partial charge on any atom is 0.418 e. The molecule has 118 valence electrons. The number of nitrogens with two attached hydrogens (primary N) is 1. The van der Waals surface area contributed by atoms with E-state index < -0.39 is 23.3 Å². The zero-order valence-corrected chi connectivity index (χ0v) is 12.3. The van der Waals surface area contributed by atoms with E-state index in [0.717, 1.165) is 6.07 Å². The molecule has 0 saturated carbocycles. The number of rotatable bonds is 4. The van der Waals surface area contributed by atoms with Crippen molar-refractivity contribution in [3.8, 4) is 0 Å². The Morgan fingerprint density at radius 1 is 1.33 bits per heavy atom. The number of carbonyl (C=O) groups is 1. The SMILES string of the molecule is CCC(C)(CN)N(C)C(=O)Nc1ccccc1C(F)(F)F. The summed E-state index contributed by atoms with van der Waals surface area (Å²) in [6.07, 6.45) is -3.93. The predicted molar refractivity (Wildman–Crippen MR) is 76.0 cm³/mol. The van der Waals surface area contributed by atoms with Crippen molar-refractivity contribution in [1.29, 1.82) is 0 Å². The highest BCUT2D eigenvalue weighted by molar-refractivity contribution is 5.90. The van der Waals surface area contributed by atoms with Crippen LogP contribution in [0.4, 0.5) is 23.7 Å². The Labute approximate surface area is 122 Å². The van der Waals surface area contributed by atoms with Gasteiger partial charge in [0.15, 0.2) is 0 Å². The molecule has 1 aromatic rings. The zero-order valence-electron chi connectivity index (χ0n) is 12.3. The molecule has 3 N–H and O–H groups in total. The molecule has 2 amide bonds. The van der Waals surface area contributed by atoms with Crippen molar-refractivity contribution in [3.63, 3.8) is 0 Å². The lowest BCUT2D eigenvalue weighted by atomic mass is 9.97. The van der Waals surface area contributed by atoms with E-state index in [1.807, 2.05) is 6.92 Å². The van der Waals surface area contributed by atoms with Crippen LogP contribution in [0.3, 0.4) is 0 Å². The molecule has 1 rings (SSSR count). The molecule has 0 aromatic heterocycles. The average Bonchev–Trinajstić information content (AvgIpc) is 2.45. The Bertz CT molecular complexity index is 498. The number of carbonyl (C=O) groups excluding carboxylic acids is 1. The third-order valence-corrected chi connectivity index (χ3v) is 3.79. The molecule has 21 heavy (non-hydrogen) atoms. The number of alkyl halides is 3. The molecule has 0 heterocycles. The van der Waals surface area contributed by atoms with Crippen molar-refractivity contribution in [3.05, 3.63) is 29.8 Å². The maximum absolute atomic E-state index is 12.9. The monoisotopic (exact) mass is 303 g/mol. The number of benzene rings is 1. The third kappa shape index (κ3) is 3.87. The van der Waals surface area contributed by atoms with Gasteiger partial charge in [-0.15, -0.1) is 0 Å². The molecular weight excluding hydrogens is 283 g/mol. The highest BCUT2D eigenvalue weighted by atomic mass is 19.4. The van der Waals surface area contributed by atoms with Crippen LogP contribution < -0.4 is 11.1 Å². The van der Waals surface area contributed by atoms with E-state index >= 15 is 0 Å². The lowest BCUT2D eigenvalue weighted by Gasteiger charge is -2.37. The molecule has 1 aromatic carbocycles. The first-order valence-electron chi connectivity index (χ1n) is 6.57. The molecule has 0 aliphatic rings. The number of likely N-dealkylation sites (N-methyl/N-ethyl adjacent to an activating group) is 1. The van der Waals surface area contributed by atoms with Crippen molar-refractivity contribution < 1.29 is 18.0 Å². The third-order valence-electron chi connectivity index (χ3n) is 3.79. The summed E-state index contributed by atoms with van der Waals surface area (Å²) in [6.45, 7) is 3.86. The summed E-state index contributed by atoms with van der Waals surface area (Å²) in [7, 11) is 1.52. The van der Waals surface area contributed by atoms with Crippen molar-refractivity contribution in [1.82, 2.24) is 4.90 Å². The van der Waals surface area contributed by atoms with Crippen molar-refractivity contribution >= 4 is 11.7 Å². The summed E-state index contributed by atoms with van der Waals surface area (Å²) in [5.74, 6) is 0. The second-order valence-electron chi connectivity index (χ2n) is 5.09. The van der Waals surface area contributed by atoms with Crippen LogP contribution in [-0.4, -0.2) is 30.1 Å². The largest absolute Gasteiger partial charge is 0.418 e. The van der Waals surface area contributed by atoms with Crippen LogP contribution in [-0.2, 0) is 6.18 Å². The van der Waals surface area contributed by atoms with E-state index in [1.54, 1.807) is 6.92 Å². The Kier molecular flexibility index (Phi) is 5.22. The van der Waals surface area contributed by atoms with E-state index in [4.69, 9.17) is 5.73 Å². The predicted octanol–water partition coefficient (Wildman–Crippen LogP) is 3.30. The van der Waals surface area contributed by atoms with Gasteiger partial charge >= 0.3 is 12.2 Å². The minimum absolute atomic E-state index is 0.217. The highest BCUT2D eigenvalue weighted by Crippen LogP contribution is 2.34. The van der Waals surface area contributed by atoms with Gasteiger partial charge in [-0.3, -0.25) is 0 Å². The summed E-state index contributed by atoms with van der Waals surface area (Å²) in [4.78, 5) is 13.5. The quantitative estimate of drug-likeness (QED) is 0.896. The number of anilines is 1. The van der Waals surface area contributed by atoms with Crippen LogP contribution in [0, 0.1) is 0 Å². The Morgan fingerprint density at radius 2 is 1.90 bits per heavy atom. The van der Waals surface area contributed by atoms with Gasteiger partial charge in [-0.05, 0) is 25.5 Å². The van der Waals surface area contributed by atoms with Crippen molar-refractivity contribution in [2.75, 3.05) is 18.9 Å². The van der Waals surface area contributed by atoms with E-state index in [-0.39, 0.29) is 12.2 Å². The van der Waals surface area contributed by atoms with Crippen molar-refractivity contribution in [2.24, 2.45) is 5.73 Å². The molecular formula is C14H20F3N3O. The molecule has 4 nitrogen and oxygen atoms in total. The van der Waals surface area contributed by atoms with Gasteiger partial charge < -0.3 is 16.0 Å². The minimum atomic E-state index is -4.52. The van der Waals surface area contributed by atoms with Gasteiger partial charge in [-0.25, -0.2) is 4.79 Å². The summed E-state index contributed by atoms with van der Waals surface area (Å²) in [6, 6.07) is 4.24. The summed E-state index contributed by atoms with van der Waals surface area (Å²) < 4.78 is 38.6. The summed E-state index contributed by atoms with van der Waals surface area (Å²) >= 11 is 0. The molecule has 0 radical (unpaired) electrons. The minimum Gasteiger partial charge on any atom is -0.328 e. The number of para-hydroxylation sites is 1. The average molecular weight is 303 g/mol. The normalized spacial score (nSPS) is 14.4. The molecule has 0 aliphatic heterocycles. The number of urea groups is 1. The number of amides is 2. The second-order valence-corrected chi connectivity index (χ2v) is 5.09. The smallest absolute Gasteiger partial charge is 0.328 e. The lowest BCUT2D eigenvalue weighted by molar-refractivity contribution is -0.136. The van der Waals surface area contributed by atoms with Gasteiger partial charge in [0, 0.05) is 13.6 Å². The molecule has 0 saturated heterocycles. The van der Waals surface area contributed by atoms with Crippen LogP contribution in [0.25, 0.3) is 0 Å². The van der Waals surface area contributed by atoms with Gasteiger partial charge in [0.25, 0.3) is 0 Å². The van der Waals surface area contributed by atoms with Crippen LogP contribution in [0.1, 0.15) is 25.8 Å². The van der Waals surface area contributed by atoms with Gasteiger partial charge in [-0.2, -0.15) is 13.2 Å². The van der Waals surface area contributed by atoms with E-state index in [2.05, 4.69) is 5.32 Å². The van der Waals surface area contributed by atoms with Crippen molar-refractivity contribution in [2.45, 2.75) is 32.0 Å². The molecule has 0 aliphatic carbocycles. The topological polar surface area (TPSA) is 58.4 Å². The van der Waals surface area contributed by atoms with E-state index in [1.165, 1.54) is 30.1 Å². The number of hydrogen-bond acceptors (Lipinski definition) is 2. The van der Waals surface area contributed by atoms with E-state index in [0.29, 0.717) is 6.42 Å². The Morgan fingerprint density at radius 3 is 2.38 bits per heavy atom.